The maximum atomic E-state index is 12.6. The van der Waals surface area contributed by atoms with Gasteiger partial charge >= 0.3 is 5.97 Å². The normalized spacial score (nSPS) is 19.8. The third-order valence-corrected chi connectivity index (χ3v) is 4.34. The number of imidazole rings is 1. The molecule has 2 atom stereocenters. The second-order valence-corrected chi connectivity index (χ2v) is 6.22. The van der Waals surface area contributed by atoms with Gasteiger partial charge in [-0.05, 0) is 37.6 Å². The number of aromatic nitrogens is 2. The lowest BCUT2D eigenvalue weighted by Gasteiger charge is -2.32. The Morgan fingerprint density at radius 2 is 2.08 bits per heavy atom. The van der Waals surface area contributed by atoms with Crippen molar-refractivity contribution in [2.45, 2.75) is 25.5 Å². The Morgan fingerprint density at radius 1 is 1.35 bits per heavy atom. The van der Waals surface area contributed by atoms with E-state index in [2.05, 4.69) is 10.3 Å². The lowest BCUT2D eigenvalue weighted by molar-refractivity contribution is -0.0136. The zero-order valence-electron chi connectivity index (χ0n) is 14.6. The van der Waals surface area contributed by atoms with E-state index in [0.717, 1.165) is 0 Å². The number of aryl methyl sites for hydroxylation is 2. The Balaban J connectivity index is 1.69. The van der Waals surface area contributed by atoms with Crippen LogP contribution in [0, 0.1) is 6.92 Å². The van der Waals surface area contributed by atoms with Gasteiger partial charge in [-0.1, -0.05) is 0 Å². The van der Waals surface area contributed by atoms with Crippen LogP contribution in [0.4, 0.5) is 0 Å². The first kappa shape index (κ1) is 17.9. The van der Waals surface area contributed by atoms with E-state index in [0.29, 0.717) is 36.8 Å². The highest BCUT2D eigenvalue weighted by molar-refractivity contribution is 5.93. The van der Waals surface area contributed by atoms with Crippen LogP contribution < -0.4 is 10.1 Å². The molecule has 26 heavy (non-hydrogen) atoms. The lowest BCUT2D eigenvalue weighted by Crippen LogP contribution is -2.51. The van der Waals surface area contributed by atoms with E-state index in [4.69, 9.17) is 14.6 Å². The highest BCUT2D eigenvalue weighted by atomic mass is 16.5. The van der Waals surface area contributed by atoms with Crippen LogP contribution in [0.5, 0.6) is 5.75 Å². The molecule has 0 aliphatic carbocycles. The molecule has 1 aliphatic heterocycles. The average molecular weight is 359 g/mol. The van der Waals surface area contributed by atoms with Gasteiger partial charge in [0.15, 0.2) is 0 Å². The number of hydrogen-bond acceptors (Lipinski definition) is 5. The fourth-order valence-electron chi connectivity index (χ4n) is 2.95. The summed E-state index contributed by atoms with van der Waals surface area (Å²) in [6, 6.07) is 5.94. The van der Waals surface area contributed by atoms with Gasteiger partial charge in [0.25, 0.3) is 5.91 Å². The summed E-state index contributed by atoms with van der Waals surface area (Å²) in [6.07, 6.45) is 1.86. The number of hydrogen-bond donors (Lipinski definition) is 2. The third-order valence-electron chi connectivity index (χ3n) is 4.34. The molecular weight excluding hydrogens is 338 g/mol. The van der Waals surface area contributed by atoms with Crippen LogP contribution in [0.15, 0.2) is 30.6 Å². The fraction of sp³-hybridized carbons (Fsp3) is 0.389. The number of aromatic carboxylic acids is 1. The largest absolute Gasteiger partial charge is 0.486 e. The summed E-state index contributed by atoms with van der Waals surface area (Å²) < 4.78 is 13.1. The van der Waals surface area contributed by atoms with E-state index in [1.54, 1.807) is 37.0 Å². The quantitative estimate of drug-likeness (QED) is 0.836. The van der Waals surface area contributed by atoms with Crippen LogP contribution in [0.1, 0.15) is 33.0 Å². The number of carbonyl (C=O) groups is 2. The molecule has 1 saturated heterocycles. The maximum Gasteiger partial charge on any atom is 0.335 e. The van der Waals surface area contributed by atoms with E-state index < -0.39 is 5.97 Å². The second-order valence-electron chi connectivity index (χ2n) is 6.22. The Hall–Kier alpha value is -2.87. The number of carboxylic acids is 1. The Labute approximate surface area is 150 Å². The minimum absolute atomic E-state index is 0.189. The topological polar surface area (TPSA) is 103 Å². The van der Waals surface area contributed by atoms with Crippen LogP contribution in [-0.4, -0.2) is 51.9 Å². The van der Waals surface area contributed by atoms with Gasteiger partial charge in [0.1, 0.15) is 17.5 Å². The molecule has 0 spiro atoms. The SMILES string of the molecule is Cc1ncn(C)c1C(=O)N[C@@H]1CCOC[C@H]1Oc1ccc(C(=O)O)cc1. The fourth-order valence-corrected chi connectivity index (χ4v) is 2.95. The summed E-state index contributed by atoms with van der Waals surface area (Å²) in [7, 11) is 1.77. The summed E-state index contributed by atoms with van der Waals surface area (Å²) >= 11 is 0. The molecule has 0 bridgehead atoms. The Bertz CT molecular complexity index is 780. The monoisotopic (exact) mass is 359 g/mol. The second kappa shape index (κ2) is 7.57. The molecule has 8 nitrogen and oxygen atoms in total. The van der Waals surface area contributed by atoms with Crippen molar-refractivity contribution in [1.29, 1.82) is 0 Å². The Morgan fingerprint density at radius 3 is 2.69 bits per heavy atom. The molecule has 8 heteroatoms. The summed E-state index contributed by atoms with van der Waals surface area (Å²) in [5, 5.41) is 12.0. The molecule has 1 fully saturated rings. The molecule has 1 aliphatic rings. The molecule has 0 saturated carbocycles. The molecule has 1 aromatic carbocycles. The number of nitrogens with one attached hydrogen (secondary N) is 1. The first-order chi connectivity index (χ1) is 12.5. The zero-order chi connectivity index (χ0) is 18.7. The van der Waals surface area contributed by atoms with Gasteiger partial charge in [0.05, 0.1) is 30.2 Å². The number of carboxylic acid groups (broad SMARTS) is 1. The molecule has 1 aromatic heterocycles. The summed E-state index contributed by atoms with van der Waals surface area (Å²) in [5.74, 6) is -0.667. The van der Waals surface area contributed by atoms with Crippen molar-refractivity contribution in [1.82, 2.24) is 14.9 Å². The van der Waals surface area contributed by atoms with Gasteiger partial charge < -0.3 is 24.5 Å². The van der Waals surface area contributed by atoms with E-state index in [-0.39, 0.29) is 23.6 Å². The van der Waals surface area contributed by atoms with Crippen molar-refractivity contribution in [3.63, 3.8) is 0 Å². The van der Waals surface area contributed by atoms with Gasteiger partial charge in [0, 0.05) is 13.7 Å². The molecular formula is C18H21N3O5. The van der Waals surface area contributed by atoms with Crippen LogP contribution in [-0.2, 0) is 11.8 Å². The molecule has 0 radical (unpaired) electrons. The summed E-state index contributed by atoms with van der Waals surface area (Å²) in [6.45, 7) is 2.67. The van der Waals surface area contributed by atoms with E-state index in [1.165, 1.54) is 12.1 Å². The van der Waals surface area contributed by atoms with Crippen LogP contribution in [0.25, 0.3) is 0 Å². The van der Waals surface area contributed by atoms with Gasteiger partial charge in [-0.15, -0.1) is 0 Å². The van der Waals surface area contributed by atoms with E-state index >= 15 is 0 Å². The van der Waals surface area contributed by atoms with Crippen molar-refractivity contribution in [2.75, 3.05) is 13.2 Å². The van der Waals surface area contributed by atoms with Gasteiger partial charge in [0.2, 0.25) is 0 Å². The van der Waals surface area contributed by atoms with Gasteiger partial charge in [-0.3, -0.25) is 4.79 Å². The van der Waals surface area contributed by atoms with E-state index in [1.807, 2.05) is 0 Å². The predicted octanol–water partition coefficient (Wildman–Crippen LogP) is 1.39. The van der Waals surface area contributed by atoms with Gasteiger partial charge in [-0.25, -0.2) is 9.78 Å². The average Bonchev–Trinajstić information content (AvgIpc) is 2.95. The predicted molar refractivity (Wildman–Crippen MR) is 92.5 cm³/mol. The minimum atomic E-state index is -0.991. The highest BCUT2D eigenvalue weighted by Crippen LogP contribution is 2.19. The number of carbonyl (C=O) groups excluding carboxylic acids is 1. The van der Waals surface area contributed by atoms with Crippen LogP contribution in [0.3, 0.4) is 0 Å². The zero-order valence-corrected chi connectivity index (χ0v) is 14.6. The standard InChI is InChI=1S/C18H21N3O5/c1-11-16(21(2)10-19-11)17(22)20-14-7-8-25-9-15(14)26-13-5-3-12(4-6-13)18(23)24/h3-6,10,14-15H,7-9H2,1-2H3,(H,20,22)(H,23,24)/t14-,15-/m1/s1. The summed E-state index contributed by atoms with van der Waals surface area (Å²) in [5.41, 5.74) is 1.37. The molecule has 138 valence electrons. The van der Waals surface area contributed by atoms with Crippen molar-refractivity contribution < 1.29 is 24.2 Å². The highest BCUT2D eigenvalue weighted by Gasteiger charge is 2.30. The smallest absolute Gasteiger partial charge is 0.335 e. The Kier molecular flexibility index (Phi) is 5.22. The van der Waals surface area contributed by atoms with Crippen molar-refractivity contribution in [3.05, 3.63) is 47.5 Å². The molecule has 2 heterocycles. The minimum Gasteiger partial charge on any atom is -0.486 e. The van der Waals surface area contributed by atoms with Crippen molar-refractivity contribution in [2.24, 2.45) is 7.05 Å². The number of amides is 1. The first-order valence-electron chi connectivity index (χ1n) is 8.32. The van der Waals surface area contributed by atoms with Crippen LogP contribution >= 0.6 is 0 Å². The molecule has 0 unspecified atom stereocenters. The number of ether oxygens (including phenoxy) is 2. The molecule has 1 amide bonds. The lowest BCUT2D eigenvalue weighted by atomic mass is 10.1. The number of rotatable bonds is 5. The van der Waals surface area contributed by atoms with Crippen LogP contribution in [0.2, 0.25) is 0 Å². The van der Waals surface area contributed by atoms with Gasteiger partial charge in [-0.2, -0.15) is 0 Å². The van der Waals surface area contributed by atoms with E-state index in [9.17, 15) is 9.59 Å². The molecule has 3 rings (SSSR count). The first-order valence-corrected chi connectivity index (χ1v) is 8.32. The maximum absolute atomic E-state index is 12.6. The third kappa shape index (κ3) is 3.85. The number of nitrogens with zero attached hydrogens (tertiary/aromatic N) is 2. The molecule has 2 aromatic rings. The molecule has 2 N–H and O–H groups in total. The number of benzene rings is 1. The summed E-state index contributed by atoms with van der Waals surface area (Å²) in [4.78, 5) is 27.7. The van der Waals surface area contributed by atoms with Crippen molar-refractivity contribution in [3.8, 4) is 5.75 Å². The van der Waals surface area contributed by atoms with Crippen molar-refractivity contribution >= 4 is 11.9 Å².